The molecule has 2 aromatic rings. The summed E-state index contributed by atoms with van der Waals surface area (Å²) < 4.78 is 11.0. The van der Waals surface area contributed by atoms with Gasteiger partial charge < -0.3 is 15.2 Å². The van der Waals surface area contributed by atoms with Crippen molar-refractivity contribution in [3.63, 3.8) is 0 Å². The first-order valence-corrected chi connectivity index (χ1v) is 5.84. The number of methoxy groups -OCH3 is 1. The van der Waals surface area contributed by atoms with Crippen LogP contribution in [0.15, 0.2) is 42.5 Å². The molecule has 0 saturated carbocycles. The first kappa shape index (κ1) is 12.5. The van der Waals surface area contributed by atoms with Crippen LogP contribution in [-0.2, 0) is 6.54 Å². The molecule has 0 bridgehead atoms. The fraction of sp³-hybridized carbons (Fsp3) is 0.200. The van der Waals surface area contributed by atoms with E-state index in [0.717, 1.165) is 28.4 Å². The second-order valence-electron chi connectivity index (χ2n) is 4.08. The summed E-state index contributed by atoms with van der Waals surface area (Å²) >= 11 is 0. The van der Waals surface area contributed by atoms with Gasteiger partial charge in [0, 0.05) is 6.54 Å². The molecule has 3 nitrogen and oxygen atoms in total. The fourth-order valence-corrected chi connectivity index (χ4v) is 1.68. The highest BCUT2D eigenvalue weighted by Crippen LogP contribution is 2.28. The van der Waals surface area contributed by atoms with E-state index in [1.165, 1.54) is 0 Å². The first-order chi connectivity index (χ1) is 8.72. The van der Waals surface area contributed by atoms with Gasteiger partial charge in [-0.15, -0.1) is 0 Å². The molecule has 0 radical (unpaired) electrons. The van der Waals surface area contributed by atoms with Gasteiger partial charge in [-0.25, -0.2) is 0 Å². The van der Waals surface area contributed by atoms with E-state index in [9.17, 15) is 0 Å². The molecule has 0 aliphatic carbocycles. The zero-order valence-corrected chi connectivity index (χ0v) is 10.6. The van der Waals surface area contributed by atoms with E-state index in [0.29, 0.717) is 6.54 Å². The lowest BCUT2D eigenvalue weighted by molar-refractivity contribution is 0.412. The standard InChI is InChI=1S/C15H17NO2/c1-11-9-14(17-2)7-8-15(11)18-13-5-3-12(10-16)4-6-13/h3-9H,10,16H2,1-2H3. The third kappa shape index (κ3) is 2.81. The Balaban J connectivity index is 2.17. The maximum atomic E-state index is 5.81. The molecule has 0 unspecified atom stereocenters. The van der Waals surface area contributed by atoms with Crippen LogP contribution in [0, 0.1) is 6.92 Å². The molecule has 94 valence electrons. The Bertz CT molecular complexity index is 521. The Hall–Kier alpha value is -2.00. The quantitative estimate of drug-likeness (QED) is 0.896. The topological polar surface area (TPSA) is 44.5 Å². The molecule has 2 aromatic carbocycles. The lowest BCUT2D eigenvalue weighted by Gasteiger charge is -2.10. The highest BCUT2D eigenvalue weighted by atomic mass is 16.5. The van der Waals surface area contributed by atoms with Crippen molar-refractivity contribution in [2.45, 2.75) is 13.5 Å². The van der Waals surface area contributed by atoms with Crippen molar-refractivity contribution in [3.05, 3.63) is 53.6 Å². The number of aryl methyl sites for hydroxylation is 1. The number of hydrogen-bond acceptors (Lipinski definition) is 3. The summed E-state index contributed by atoms with van der Waals surface area (Å²) in [5, 5.41) is 0. The average Bonchev–Trinajstić information content (AvgIpc) is 2.42. The van der Waals surface area contributed by atoms with Gasteiger partial charge in [0.05, 0.1) is 7.11 Å². The summed E-state index contributed by atoms with van der Waals surface area (Å²) in [6.45, 7) is 2.54. The minimum atomic E-state index is 0.543. The average molecular weight is 243 g/mol. The lowest BCUT2D eigenvalue weighted by atomic mass is 10.2. The molecule has 2 N–H and O–H groups in total. The van der Waals surface area contributed by atoms with Crippen molar-refractivity contribution in [1.29, 1.82) is 0 Å². The molecule has 0 spiro atoms. The Kier molecular flexibility index (Phi) is 3.85. The summed E-state index contributed by atoms with van der Waals surface area (Å²) in [5.41, 5.74) is 7.68. The molecule has 0 heterocycles. The Labute approximate surface area is 107 Å². The first-order valence-electron chi connectivity index (χ1n) is 5.84. The maximum absolute atomic E-state index is 5.81. The SMILES string of the molecule is COc1ccc(Oc2ccc(CN)cc2)c(C)c1. The van der Waals surface area contributed by atoms with E-state index in [1.54, 1.807) is 7.11 Å². The number of benzene rings is 2. The predicted molar refractivity (Wildman–Crippen MR) is 72.1 cm³/mol. The second kappa shape index (κ2) is 5.56. The van der Waals surface area contributed by atoms with E-state index in [2.05, 4.69) is 0 Å². The highest BCUT2D eigenvalue weighted by molar-refractivity contribution is 5.42. The van der Waals surface area contributed by atoms with Crippen molar-refractivity contribution in [1.82, 2.24) is 0 Å². The molecule has 0 aromatic heterocycles. The third-order valence-electron chi connectivity index (χ3n) is 2.77. The molecule has 0 amide bonds. The molecule has 0 fully saturated rings. The summed E-state index contributed by atoms with van der Waals surface area (Å²) in [4.78, 5) is 0. The Morgan fingerprint density at radius 3 is 2.22 bits per heavy atom. The second-order valence-corrected chi connectivity index (χ2v) is 4.08. The largest absolute Gasteiger partial charge is 0.497 e. The van der Waals surface area contributed by atoms with Crippen molar-refractivity contribution in [3.8, 4) is 17.2 Å². The van der Waals surface area contributed by atoms with Gasteiger partial charge in [-0.1, -0.05) is 12.1 Å². The van der Waals surface area contributed by atoms with Crippen LogP contribution in [0.1, 0.15) is 11.1 Å². The van der Waals surface area contributed by atoms with Crippen LogP contribution in [-0.4, -0.2) is 7.11 Å². The third-order valence-corrected chi connectivity index (χ3v) is 2.77. The zero-order chi connectivity index (χ0) is 13.0. The monoisotopic (exact) mass is 243 g/mol. The lowest BCUT2D eigenvalue weighted by Crippen LogP contribution is -1.95. The molecule has 0 atom stereocenters. The minimum absolute atomic E-state index is 0.543. The molecular weight excluding hydrogens is 226 g/mol. The molecule has 0 aliphatic heterocycles. The summed E-state index contributed by atoms with van der Waals surface area (Å²) in [7, 11) is 1.65. The fourth-order valence-electron chi connectivity index (χ4n) is 1.68. The number of rotatable bonds is 4. The van der Waals surface area contributed by atoms with Crippen LogP contribution in [0.2, 0.25) is 0 Å². The van der Waals surface area contributed by atoms with Crippen LogP contribution in [0.3, 0.4) is 0 Å². The molecule has 2 rings (SSSR count). The van der Waals surface area contributed by atoms with Crippen LogP contribution < -0.4 is 15.2 Å². The van der Waals surface area contributed by atoms with Gasteiger partial charge in [0.2, 0.25) is 0 Å². The van der Waals surface area contributed by atoms with Gasteiger partial charge in [0.25, 0.3) is 0 Å². The smallest absolute Gasteiger partial charge is 0.130 e. The van der Waals surface area contributed by atoms with Crippen LogP contribution in [0.4, 0.5) is 0 Å². The summed E-state index contributed by atoms with van der Waals surface area (Å²) in [6, 6.07) is 13.5. The minimum Gasteiger partial charge on any atom is -0.497 e. The Morgan fingerprint density at radius 1 is 1.00 bits per heavy atom. The highest BCUT2D eigenvalue weighted by Gasteiger charge is 2.03. The normalized spacial score (nSPS) is 10.2. The zero-order valence-electron chi connectivity index (χ0n) is 10.6. The van der Waals surface area contributed by atoms with Crippen molar-refractivity contribution in [2.75, 3.05) is 7.11 Å². The van der Waals surface area contributed by atoms with Gasteiger partial charge in [0.1, 0.15) is 17.2 Å². The van der Waals surface area contributed by atoms with E-state index < -0.39 is 0 Å². The predicted octanol–water partition coefficient (Wildman–Crippen LogP) is 3.25. The molecular formula is C15H17NO2. The molecule has 18 heavy (non-hydrogen) atoms. The van der Waals surface area contributed by atoms with E-state index in [-0.39, 0.29) is 0 Å². The molecule has 0 saturated heterocycles. The number of nitrogens with two attached hydrogens (primary N) is 1. The van der Waals surface area contributed by atoms with Gasteiger partial charge in [-0.05, 0) is 48.4 Å². The van der Waals surface area contributed by atoms with Crippen LogP contribution in [0.5, 0.6) is 17.2 Å². The van der Waals surface area contributed by atoms with Gasteiger partial charge in [-0.2, -0.15) is 0 Å². The molecule has 3 heteroatoms. The summed E-state index contributed by atoms with van der Waals surface area (Å²) in [6.07, 6.45) is 0. The Morgan fingerprint density at radius 2 is 1.67 bits per heavy atom. The number of ether oxygens (including phenoxy) is 2. The van der Waals surface area contributed by atoms with Crippen LogP contribution in [0.25, 0.3) is 0 Å². The van der Waals surface area contributed by atoms with E-state index in [4.69, 9.17) is 15.2 Å². The van der Waals surface area contributed by atoms with Crippen molar-refractivity contribution >= 4 is 0 Å². The van der Waals surface area contributed by atoms with Gasteiger partial charge in [0.15, 0.2) is 0 Å². The van der Waals surface area contributed by atoms with Crippen molar-refractivity contribution in [2.24, 2.45) is 5.73 Å². The maximum Gasteiger partial charge on any atom is 0.130 e. The van der Waals surface area contributed by atoms with E-state index >= 15 is 0 Å². The molecule has 0 aliphatic rings. The van der Waals surface area contributed by atoms with E-state index in [1.807, 2.05) is 49.4 Å². The number of hydrogen-bond donors (Lipinski definition) is 1. The van der Waals surface area contributed by atoms with Crippen molar-refractivity contribution < 1.29 is 9.47 Å². The van der Waals surface area contributed by atoms with Crippen LogP contribution >= 0.6 is 0 Å². The van der Waals surface area contributed by atoms with Gasteiger partial charge >= 0.3 is 0 Å². The van der Waals surface area contributed by atoms with Gasteiger partial charge in [-0.3, -0.25) is 0 Å². The summed E-state index contributed by atoms with van der Waals surface area (Å²) in [5.74, 6) is 2.47.